The quantitative estimate of drug-likeness (QED) is 0.475. The molecule has 2 atom stereocenters. The van der Waals surface area contributed by atoms with Gasteiger partial charge >= 0.3 is 0 Å². The third-order valence-electron chi connectivity index (χ3n) is 5.85. The second kappa shape index (κ2) is 10.6. The molecule has 2 fully saturated rings. The number of fused-ring (bicyclic) bond motifs is 2. The number of nitrogens with one attached hydrogen (secondary N) is 1. The van der Waals surface area contributed by atoms with Gasteiger partial charge in [0.1, 0.15) is 0 Å². The molecule has 0 amide bonds. The Bertz CT molecular complexity index is 265. The Kier molecular flexibility index (Phi) is 8.84. The molecule has 0 aromatic carbocycles. The average Bonchev–Trinajstić information content (AvgIpc) is 3.15. The summed E-state index contributed by atoms with van der Waals surface area (Å²) in [4.78, 5) is 2.89. The summed E-state index contributed by atoms with van der Waals surface area (Å²) in [6.45, 7) is 7.21. The SMILES string of the molecule is CCCCCCCC(CCCCCCC)N1C[C@@H]2C[C@H]1CN2. The molecule has 2 nitrogen and oxygen atoms in total. The first kappa shape index (κ1) is 18.3. The first-order valence-electron chi connectivity index (χ1n) is 10.3. The summed E-state index contributed by atoms with van der Waals surface area (Å²) in [7, 11) is 0. The van der Waals surface area contributed by atoms with Crippen LogP contribution in [0.5, 0.6) is 0 Å². The molecule has 0 aromatic rings. The summed E-state index contributed by atoms with van der Waals surface area (Å²) in [6.07, 6.45) is 18.7. The van der Waals surface area contributed by atoms with Crippen molar-refractivity contribution in [1.29, 1.82) is 0 Å². The lowest BCUT2D eigenvalue weighted by Gasteiger charge is -2.35. The zero-order valence-electron chi connectivity index (χ0n) is 15.3. The molecule has 2 saturated heterocycles. The van der Waals surface area contributed by atoms with E-state index in [2.05, 4.69) is 24.1 Å². The van der Waals surface area contributed by atoms with E-state index < -0.39 is 0 Å². The van der Waals surface area contributed by atoms with Crippen molar-refractivity contribution in [2.75, 3.05) is 13.1 Å². The molecule has 130 valence electrons. The van der Waals surface area contributed by atoms with Crippen LogP contribution in [0.15, 0.2) is 0 Å². The maximum Gasteiger partial charge on any atom is 0.0239 e. The summed E-state index contributed by atoms with van der Waals surface area (Å²) in [5.74, 6) is 0. The molecule has 0 spiro atoms. The van der Waals surface area contributed by atoms with Crippen molar-refractivity contribution in [3.05, 3.63) is 0 Å². The van der Waals surface area contributed by atoms with Gasteiger partial charge in [-0.1, -0.05) is 78.1 Å². The molecule has 0 aromatic heterocycles. The molecule has 1 N–H and O–H groups in total. The highest BCUT2D eigenvalue weighted by Gasteiger charge is 2.40. The van der Waals surface area contributed by atoms with E-state index in [4.69, 9.17) is 0 Å². The minimum absolute atomic E-state index is 0.813. The Morgan fingerprint density at radius 3 is 1.91 bits per heavy atom. The molecule has 2 heterocycles. The Morgan fingerprint density at radius 2 is 1.45 bits per heavy atom. The molecule has 0 aliphatic carbocycles. The third-order valence-corrected chi connectivity index (χ3v) is 5.85. The molecule has 2 heteroatoms. The second-order valence-electron chi connectivity index (χ2n) is 7.75. The predicted molar refractivity (Wildman–Crippen MR) is 97.4 cm³/mol. The molecule has 2 aliphatic heterocycles. The average molecular weight is 309 g/mol. The maximum absolute atomic E-state index is 3.67. The fourth-order valence-corrected chi connectivity index (χ4v) is 4.48. The summed E-state index contributed by atoms with van der Waals surface area (Å²) in [5, 5.41) is 3.67. The van der Waals surface area contributed by atoms with Crippen molar-refractivity contribution in [3.63, 3.8) is 0 Å². The second-order valence-corrected chi connectivity index (χ2v) is 7.75. The largest absolute Gasteiger partial charge is 0.311 e. The van der Waals surface area contributed by atoms with E-state index in [-0.39, 0.29) is 0 Å². The number of hydrogen-bond acceptors (Lipinski definition) is 2. The van der Waals surface area contributed by atoms with Crippen LogP contribution < -0.4 is 5.32 Å². The fourth-order valence-electron chi connectivity index (χ4n) is 4.48. The minimum atomic E-state index is 0.813. The van der Waals surface area contributed by atoms with Gasteiger partial charge in [0.15, 0.2) is 0 Å². The van der Waals surface area contributed by atoms with Crippen LogP contribution in [0.3, 0.4) is 0 Å². The normalized spacial score (nSPS) is 24.7. The van der Waals surface area contributed by atoms with Gasteiger partial charge in [-0.3, -0.25) is 4.90 Å². The number of hydrogen-bond donors (Lipinski definition) is 1. The van der Waals surface area contributed by atoms with Crippen LogP contribution in [0, 0.1) is 0 Å². The van der Waals surface area contributed by atoms with Gasteiger partial charge in [0.05, 0.1) is 0 Å². The number of piperazine rings is 1. The molecule has 0 saturated carbocycles. The van der Waals surface area contributed by atoms with Gasteiger partial charge in [0.2, 0.25) is 0 Å². The van der Waals surface area contributed by atoms with E-state index in [1.165, 1.54) is 96.6 Å². The van der Waals surface area contributed by atoms with Crippen molar-refractivity contribution in [2.24, 2.45) is 0 Å². The van der Waals surface area contributed by atoms with Crippen LogP contribution in [-0.4, -0.2) is 36.1 Å². The topological polar surface area (TPSA) is 15.3 Å². The number of rotatable bonds is 13. The number of unbranched alkanes of at least 4 members (excludes halogenated alkanes) is 8. The first-order valence-corrected chi connectivity index (χ1v) is 10.3. The lowest BCUT2D eigenvalue weighted by Crippen LogP contribution is -2.48. The van der Waals surface area contributed by atoms with Gasteiger partial charge in [-0.25, -0.2) is 0 Å². The van der Waals surface area contributed by atoms with Gasteiger partial charge in [0.25, 0.3) is 0 Å². The van der Waals surface area contributed by atoms with Crippen LogP contribution >= 0.6 is 0 Å². The predicted octanol–water partition coefficient (Wildman–Crippen LogP) is 5.12. The van der Waals surface area contributed by atoms with Gasteiger partial charge in [-0.2, -0.15) is 0 Å². The third kappa shape index (κ3) is 5.85. The van der Waals surface area contributed by atoms with Crippen LogP contribution in [0.25, 0.3) is 0 Å². The maximum atomic E-state index is 3.67. The zero-order valence-corrected chi connectivity index (χ0v) is 15.3. The van der Waals surface area contributed by atoms with Crippen molar-refractivity contribution < 1.29 is 0 Å². The van der Waals surface area contributed by atoms with Crippen LogP contribution in [0.4, 0.5) is 0 Å². The highest BCUT2D eigenvalue weighted by Crippen LogP contribution is 2.29. The Morgan fingerprint density at radius 1 is 0.864 bits per heavy atom. The monoisotopic (exact) mass is 308 g/mol. The van der Waals surface area contributed by atoms with Crippen LogP contribution in [-0.2, 0) is 0 Å². The first-order chi connectivity index (χ1) is 10.8. The molecule has 0 radical (unpaired) electrons. The van der Waals surface area contributed by atoms with E-state index in [1.807, 2.05) is 0 Å². The van der Waals surface area contributed by atoms with Gasteiger partial charge < -0.3 is 5.32 Å². The van der Waals surface area contributed by atoms with Crippen LogP contribution in [0.2, 0.25) is 0 Å². The smallest absolute Gasteiger partial charge is 0.0239 e. The summed E-state index contributed by atoms with van der Waals surface area (Å²) in [5.41, 5.74) is 0. The Labute approximate surface area is 139 Å². The highest BCUT2D eigenvalue weighted by atomic mass is 15.3. The van der Waals surface area contributed by atoms with E-state index >= 15 is 0 Å². The van der Waals surface area contributed by atoms with E-state index in [9.17, 15) is 0 Å². The van der Waals surface area contributed by atoms with Crippen molar-refractivity contribution in [1.82, 2.24) is 10.2 Å². The summed E-state index contributed by atoms with van der Waals surface area (Å²) < 4.78 is 0. The van der Waals surface area contributed by atoms with Gasteiger partial charge in [-0.05, 0) is 19.3 Å². The van der Waals surface area contributed by atoms with Crippen molar-refractivity contribution in [2.45, 2.75) is 115 Å². The minimum Gasteiger partial charge on any atom is -0.311 e. The van der Waals surface area contributed by atoms with E-state index in [0.29, 0.717) is 0 Å². The molecular formula is C20H40N2. The summed E-state index contributed by atoms with van der Waals surface area (Å²) >= 11 is 0. The molecule has 2 bridgehead atoms. The number of nitrogens with zero attached hydrogens (tertiary/aromatic N) is 1. The van der Waals surface area contributed by atoms with E-state index in [0.717, 1.165) is 18.1 Å². The van der Waals surface area contributed by atoms with E-state index in [1.54, 1.807) is 0 Å². The lowest BCUT2D eigenvalue weighted by atomic mass is 9.98. The van der Waals surface area contributed by atoms with Gasteiger partial charge in [0, 0.05) is 31.2 Å². The molecule has 22 heavy (non-hydrogen) atoms. The Balaban J connectivity index is 1.69. The highest BCUT2D eigenvalue weighted by molar-refractivity contribution is 4.99. The molecular weight excluding hydrogens is 268 g/mol. The standard InChI is InChI=1S/C20H40N2/c1-3-5-7-9-11-13-19(14-12-10-8-6-4-2)22-17-18-15-20(22)16-21-18/h18-21H,3-17H2,1-2H3/t18-,20-/m0/s1. The van der Waals surface area contributed by atoms with Crippen molar-refractivity contribution >= 4 is 0 Å². The molecule has 0 unspecified atom stereocenters. The van der Waals surface area contributed by atoms with Crippen LogP contribution in [0.1, 0.15) is 97.3 Å². The zero-order chi connectivity index (χ0) is 15.6. The fraction of sp³-hybridized carbons (Fsp3) is 1.00. The lowest BCUT2D eigenvalue weighted by molar-refractivity contribution is 0.138. The van der Waals surface area contributed by atoms with Gasteiger partial charge in [-0.15, -0.1) is 0 Å². The molecule has 2 aliphatic rings. The summed E-state index contributed by atoms with van der Waals surface area (Å²) in [6, 6.07) is 2.56. The number of likely N-dealkylation sites (tertiary alicyclic amines) is 1. The van der Waals surface area contributed by atoms with Crippen molar-refractivity contribution in [3.8, 4) is 0 Å². The molecule has 2 rings (SSSR count). The Hall–Kier alpha value is -0.0800.